The van der Waals surface area contributed by atoms with Crippen molar-refractivity contribution in [3.05, 3.63) is 77.5 Å². The molecule has 2 atom stereocenters. The zero-order valence-corrected chi connectivity index (χ0v) is 16.2. The molecule has 32 heavy (non-hydrogen) atoms. The van der Waals surface area contributed by atoms with Crippen LogP contribution in [0.1, 0.15) is 40.0 Å². The predicted molar refractivity (Wildman–Crippen MR) is 104 cm³/mol. The third kappa shape index (κ3) is 4.14. The molecule has 2 N–H and O–H groups in total. The van der Waals surface area contributed by atoms with Crippen LogP contribution >= 0.6 is 0 Å². The Hall–Kier alpha value is -3.50. The van der Waals surface area contributed by atoms with Gasteiger partial charge in [0.25, 0.3) is 5.91 Å². The van der Waals surface area contributed by atoms with Crippen LogP contribution < -0.4 is 10.6 Å². The molecule has 0 unspecified atom stereocenters. The zero-order chi connectivity index (χ0) is 23.1. The SMILES string of the molecule is O=C(Nc1ccccc1C(F)(F)F)c1cnn2c1N[C@@H](c1ccccc1)C[C@H]2C(F)(F)F. The van der Waals surface area contributed by atoms with Gasteiger partial charge in [-0.3, -0.25) is 4.79 Å². The third-order valence-corrected chi connectivity index (χ3v) is 5.17. The Balaban J connectivity index is 1.70. The first-order valence-corrected chi connectivity index (χ1v) is 9.49. The van der Waals surface area contributed by atoms with Crippen molar-refractivity contribution in [1.29, 1.82) is 0 Å². The normalized spacial score (nSPS) is 18.6. The highest BCUT2D eigenvalue weighted by molar-refractivity contribution is 6.08. The Morgan fingerprint density at radius 1 is 1.00 bits per heavy atom. The van der Waals surface area contributed by atoms with E-state index in [2.05, 4.69) is 15.7 Å². The number of rotatable bonds is 3. The van der Waals surface area contributed by atoms with E-state index in [1.54, 1.807) is 30.3 Å². The summed E-state index contributed by atoms with van der Waals surface area (Å²) in [6.45, 7) is 0. The third-order valence-electron chi connectivity index (χ3n) is 5.17. The predicted octanol–water partition coefficient (Wildman–Crippen LogP) is 5.81. The number of amides is 1. The summed E-state index contributed by atoms with van der Waals surface area (Å²) < 4.78 is 81.6. The molecule has 4 rings (SSSR count). The fraction of sp³-hybridized carbons (Fsp3) is 0.238. The fourth-order valence-electron chi connectivity index (χ4n) is 3.66. The van der Waals surface area contributed by atoms with E-state index in [0.717, 1.165) is 18.3 Å². The molecule has 11 heteroatoms. The Labute approximate surface area is 178 Å². The van der Waals surface area contributed by atoms with E-state index in [1.807, 2.05) is 0 Å². The molecule has 3 aromatic rings. The Morgan fingerprint density at radius 3 is 2.31 bits per heavy atom. The van der Waals surface area contributed by atoms with Gasteiger partial charge in [-0.1, -0.05) is 42.5 Å². The molecule has 0 saturated carbocycles. The number of para-hydroxylation sites is 1. The van der Waals surface area contributed by atoms with Crippen molar-refractivity contribution in [2.24, 2.45) is 0 Å². The lowest BCUT2D eigenvalue weighted by atomic mass is 9.96. The molecule has 2 heterocycles. The van der Waals surface area contributed by atoms with Crippen LogP contribution in [0.15, 0.2) is 60.8 Å². The van der Waals surface area contributed by atoms with Crippen molar-refractivity contribution < 1.29 is 31.1 Å². The number of nitrogens with one attached hydrogen (secondary N) is 2. The van der Waals surface area contributed by atoms with Crippen molar-refractivity contribution in [1.82, 2.24) is 9.78 Å². The minimum atomic E-state index is -4.72. The summed E-state index contributed by atoms with van der Waals surface area (Å²) in [5, 5.41) is 8.75. The van der Waals surface area contributed by atoms with Gasteiger partial charge in [-0.2, -0.15) is 31.4 Å². The second kappa shape index (κ2) is 7.88. The van der Waals surface area contributed by atoms with Gasteiger partial charge in [-0.15, -0.1) is 0 Å². The molecule has 0 saturated heterocycles. The van der Waals surface area contributed by atoms with Crippen LogP contribution in [0.5, 0.6) is 0 Å². The molecule has 0 radical (unpaired) electrons. The van der Waals surface area contributed by atoms with Crippen molar-refractivity contribution >= 4 is 17.4 Å². The van der Waals surface area contributed by atoms with Gasteiger partial charge in [0.1, 0.15) is 11.4 Å². The van der Waals surface area contributed by atoms with Crippen LogP contribution in [0.4, 0.5) is 37.8 Å². The van der Waals surface area contributed by atoms with Crippen molar-refractivity contribution in [3.63, 3.8) is 0 Å². The van der Waals surface area contributed by atoms with Gasteiger partial charge >= 0.3 is 12.4 Å². The lowest BCUT2D eigenvalue weighted by molar-refractivity contribution is -0.173. The van der Waals surface area contributed by atoms with E-state index < -0.39 is 41.6 Å². The molecule has 1 aliphatic heterocycles. The summed E-state index contributed by atoms with van der Waals surface area (Å²) in [4.78, 5) is 12.8. The second-order valence-electron chi connectivity index (χ2n) is 7.25. The highest BCUT2D eigenvalue weighted by Gasteiger charge is 2.47. The first-order valence-electron chi connectivity index (χ1n) is 9.49. The standard InChI is InChI=1S/C21H16F6N4O/c22-20(23,24)14-8-4-5-9-15(14)30-19(32)13-11-28-31-17(21(25,26)27)10-16(29-18(13)31)12-6-2-1-3-7-12/h1-9,11,16-17,29H,10H2,(H,30,32)/t16-,17+/m1/s1. The number of carbonyl (C=O) groups is 1. The topological polar surface area (TPSA) is 59.0 Å². The monoisotopic (exact) mass is 454 g/mol. The molecular weight excluding hydrogens is 438 g/mol. The van der Waals surface area contributed by atoms with Gasteiger partial charge in [0.05, 0.1) is 23.5 Å². The highest BCUT2D eigenvalue weighted by Crippen LogP contribution is 2.44. The maximum Gasteiger partial charge on any atom is 0.418 e. The van der Waals surface area contributed by atoms with Crippen LogP contribution in [-0.4, -0.2) is 21.9 Å². The van der Waals surface area contributed by atoms with Crippen molar-refractivity contribution in [3.8, 4) is 0 Å². The van der Waals surface area contributed by atoms with Gasteiger partial charge in [-0.05, 0) is 17.7 Å². The fourth-order valence-corrected chi connectivity index (χ4v) is 3.66. The number of anilines is 2. The first-order chi connectivity index (χ1) is 15.1. The number of halogens is 6. The number of benzene rings is 2. The minimum Gasteiger partial charge on any atom is -0.363 e. The van der Waals surface area contributed by atoms with Gasteiger partial charge < -0.3 is 10.6 Å². The lowest BCUT2D eigenvalue weighted by Crippen LogP contribution is -2.36. The summed E-state index contributed by atoms with van der Waals surface area (Å²) in [5.41, 5.74) is -1.30. The molecule has 168 valence electrons. The van der Waals surface area contributed by atoms with E-state index in [9.17, 15) is 31.1 Å². The summed E-state index contributed by atoms with van der Waals surface area (Å²) in [6.07, 6.45) is -8.81. The van der Waals surface area contributed by atoms with Gasteiger partial charge in [0.15, 0.2) is 6.04 Å². The second-order valence-corrected chi connectivity index (χ2v) is 7.25. The summed E-state index contributed by atoms with van der Waals surface area (Å²) >= 11 is 0. The van der Waals surface area contributed by atoms with E-state index in [4.69, 9.17) is 0 Å². The number of carbonyl (C=O) groups excluding carboxylic acids is 1. The van der Waals surface area contributed by atoms with Crippen LogP contribution in [0, 0.1) is 0 Å². The number of nitrogens with zero attached hydrogens (tertiary/aromatic N) is 2. The average molecular weight is 454 g/mol. The Morgan fingerprint density at radius 2 is 1.66 bits per heavy atom. The minimum absolute atomic E-state index is 0.214. The Kier molecular flexibility index (Phi) is 5.35. The molecule has 5 nitrogen and oxygen atoms in total. The molecule has 1 amide bonds. The average Bonchev–Trinajstić information content (AvgIpc) is 3.16. The summed E-state index contributed by atoms with van der Waals surface area (Å²) in [7, 11) is 0. The molecule has 1 aliphatic rings. The van der Waals surface area contributed by atoms with Crippen LogP contribution in [0.3, 0.4) is 0 Å². The van der Waals surface area contributed by atoms with E-state index in [1.165, 1.54) is 12.1 Å². The number of hydrogen-bond acceptors (Lipinski definition) is 3. The quantitative estimate of drug-likeness (QED) is 0.491. The van der Waals surface area contributed by atoms with E-state index >= 15 is 0 Å². The van der Waals surface area contributed by atoms with Crippen LogP contribution in [0.25, 0.3) is 0 Å². The maximum atomic E-state index is 13.7. The van der Waals surface area contributed by atoms with E-state index in [-0.39, 0.29) is 17.8 Å². The molecule has 0 spiro atoms. The van der Waals surface area contributed by atoms with Crippen LogP contribution in [-0.2, 0) is 6.18 Å². The Bertz CT molecular complexity index is 1120. The van der Waals surface area contributed by atoms with Gasteiger partial charge in [-0.25, -0.2) is 4.68 Å². The summed E-state index contributed by atoms with van der Waals surface area (Å²) in [5.74, 6) is -1.22. The highest BCUT2D eigenvalue weighted by atomic mass is 19.4. The van der Waals surface area contributed by atoms with Gasteiger partial charge in [0, 0.05) is 6.42 Å². The molecular formula is C21H16F6N4O. The number of hydrogen-bond donors (Lipinski definition) is 2. The number of aromatic nitrogens is 2. The number of fused-ring (bicyclic) bond motifs is 1. The van der Waals surface area contributed by atoms with Crippen molar-refractivity contribution in [2.75, 3.05) is 10.6 Å². The van der Waals surface area contributed by atoms with E-state index in [0.29, 0.717) is 10.2 Å². The lowest BCUT2D eigenvalue weighted by Gasteiger charge is -2.34. The summed E-state index contributed by atoms with van der Waals surface area (Å²) in [6, 6.07) is 9.92. The molecule has 1 aromatic heterocycles. The van der Waals surface area contributed by atoms with Gasteiger partial charge in [0.2, 0.25) is 0 Å². The largest absolute Gasteiger partial charge is 0.418 e. The molecule has 0 bridgehead atoms. The van der Waals surface area contributed by atoms with Crippen molar-refractivity contribution in [2.45, 2.75) is 30.9 Å². The maximum absolute atomic E-state index is 13.7. The smallest absolute Gasteiger partial charge is 0.363 e. The number of alkyl halides is 6. The van der Waals surface area contributed by atoms with Crippen LogP contribution in [0.2, 0.25) is 0 Å². The molecule has 2 aromatic carbocycles. The first kappa shape index (κ1) is 21.7. The zero-order valence-electron chi connectivity index (χ0n) is 16.2. The molecule has 0 fully saturated rings. The molecule has 0 aliphatic carbocycles.